The van der Waals surface area contributed by atoms with Gasteiger partial charge in [-0.2, -0.15) is 0 Å². The van der Waals surface area contributed by atoms with Gasteiger partial charge in [-0.15, -0.1) is 0 Å². The van der Waals surface area contributed by atoms with E-state index in [4.69, 9.17) is 11.5 Å². The largest absolute Gasteiger partial charge is 0.398 e. The molecule has 1 aromatic carbocycles. The molecule has 70 valence electrons. The lowest BCUT2D eigenvalue weighted by Crippen LogP contribution is -2.14. The maximum Gasteiger partial charge on any atom is 0.176 e. The van der Waals surface area contributed by atoms with Crippen molar-refractivity contribution >= 4 is 11.5 Å². The van der Waals surface area contributed by atoms with Crippen LogP contribution in [0.2, 0.25) is 0 Å². The number of carbonyl (C=O) groups is 1. The number of nitrogen functional groups attached to an aromatic ring is 1. The van der Waals surface area contributed by atoms with Crippen molar-refractivity contribution in [2.75, 3.05) is 12.3 Å². The first-order valence-electron chi connectivity index (χ1n) is 4.16. The van der Waals surface area contributed by atoms with E-state index in [-0.39, 0.29) is 12.3 Å². The molecule has 1 aromatic rings. The van der Waals surface area contributed by atoms with Crippen LogP contribution in [-0.4, -0.2) is 12.3 Å². The number of Topliss-reactive ketones (excluding diaryl/α,β-unsaturated/α-hetero) is 1. The summed E-state index contributed by atoms with van der Waals surface area (Å²) in [4.78, 5) is 11.2. The molecule has 13 heavy (non-hydrogen) atoms. The zero-order valence-corrected chi connectivity index (χ0v) is 7.92. The average Bonchev–Trinajstić information content (AvgIpc) is 2.12. The minimum Gasteiger partial charge on any atom is -0.398 e. The first-order chi connectivity index (χ1) is 6.06. The van der Waals surface area contributed by atoms with Crippen molar-refractivity contribution in [1.29, 1.82) is 0 Å². The van der Waals surface area contributed by atoms with Crippen molar-refractivity contribution in [3.8, 4) is 0 Å². The van der Waals surface area contributed by atoms with Gasteiger partial charge in [-0.3, -0.25) is 4.79 Å². The predicted molar refractivity (Wildman–Crippen MR) is 53.7 cm³/mol. The van der Waals surface area contributed by atoms with E-state index in [1.54, 1.807) is 6.07 Å². The summed E-state index contributed by atoms with van der Waals surface area (Å²) < 4.78 is 0. The zero-order chi connectivity index (χ0) is 10.0. The molecular weight excluding hydrogens is 164 g/mol. The number of anilines is 1. The standard InChI is InChI=1S/C10H14N2O/c1-6-3-8(10(13)5-11)4-9(12)7(6)2/h3-4H,5,11-12H2,1-2H3. The van der Waals surface area contributed by atoms with Gasteiger partial charge in [0.05, 0.1) is 6.54 Å². The number of hydrogen-bond donors (Lipinski definition) is 2. The van der Waals surface area contributed by atoms with Gasteiger partial charge < -0.3 is 11.5 Å². The number of carbonyl (C=O) groups excluding carboxylic acids is 1. The van der Waals surface area contributed by atoms with E-state index in [0.29, 0.717) is 11.3 Å². The molecule has 0 radical (unpaired) electrons. The van der Waals surface area contributed by atoms with Crippen molar-refractivity contribution in [2.24, 2.45) is 5.73 Å². The molecule has 1 rings (SSSR count). The molecule has 4 N–H and O–H groups in total. The summed E-state index contributed by atoms with van der Waals surface area (Å²) in [5, 5.41) is 0. The molecule has 0 saturated heterocycles. The highest BCUT2D eigenvalue weighted by atomic mass is 16.1. The van der Waals surface area contributed by atoms with Crippen LogP contribution in [0.3, 0.4) is 0 Å². The molecule has 0 saturated carbocycles. The van der Waals surface area contributed by atoms with E-state index >= 15 is 0 Å². The van der Waals surface area contributed by atoms with Crippen LogP contribution in [0.5, 0.6) is 0 Å². The summed E-state index contributed by atoms with van der Waals surface area (Å²) in [6.07, 6.45) is 0. The normalized spacial score (nSPS) is 10.1. The molecule has 3 nitrogen and oxygen atoms in total. The van der Waals surface area contributed by atoms with Crippen molar-refractivity contribution in [1.82, 2.24) is 0 Å². The Labute approximate surface area is 77.7 Å². The summed E-state index contributed by atoms with van der Waals surface area (Å²) in [7, 11) is 0. The monoisotopic (exact) mass is 178 g/mol. The van der Waals surface area contributed by atoms with Gasteiger partial charge in [0, 0.05) is 11.3 Å². The highest BCUT2D eigenvalue weighted by Gasteiger charge is 2.06. The minimum absolute atomic E-state index is 0.0297. The third kappa shape index (κ3) is 1.87. The third-order valence-electron chi connectivity index (χ3n) is 2.21. The summed E-state index contributed by atoms with van der Waals surface area (Å²) in [5.41, 5.74) is 14.3. The Morgan fingerprint density at radius 1 is 1.38 bits per heavy atom. The molecule has 0 atom stereocenters. The molecule has 0 spiro atoms. The van der Waals surface area contributed by atoms with Crippen LogP contribution in [0.1, 0.15) is 21.5 Å². The molecule has 0 fully saturated rings. The highest BCUT2D eigenvalue weighted by molar-refractivity contribution is 5.98. The van der Waals surface area contributed by atoms with E-state index in [9.17, 15) is 4.79 Å². The Bertz CT molecular complexity index is 322. The Balaban J connectivity index is 3.20. The number of nitrogens with two attached hydrogens (primary N) is 2. The minimum atomic E-state index is -0.0743. The van der Waals surface area contributed by atoms with Gasteiger partial charge in [0.1, 0.15) is 0 Å². The maximum atomic E-state index is 11.2. The number of ketones is 1. The summed E-state index contributed by atoms with van der Waals surface area (Å²) in [6, 6.07) is 3.50. The lowest BCUT2D eigenvalue weighted by atomic mass is 10.0. The number of rotatable bonds is 2. The fraction of sp³-hybridized carbons (Fsp3) is 0.300. The summed E-state index contributed by atoms with van der Waals surface area (Å²) >= 11 is 0. The first kappa shape index (κ1) is 9.74. The Morgan fingerprint density at radius 2 is 2.00 bits per heavy atom. The lowest BCUT2D eigenvalue weighted by molar-refractivity contribution is 0.100. The highest BCUT2D eigenvalue weighted by Crippen LogP contribution is 2.18. The second kappa shape index (κ2) is 3.58. The van der Waals surface area contributed by atoms with Crippen molar-refractivity contribution in [3.05, 3.63) is 28.8 Å². The molecular formula is C10H14N2O. The fourth-order valence-corrected chi connectivity index (χ4v) is 1.17. The van der Waals surface area contributed by atoms with E-state index in [1.165, 1.54) is 0 Å². The van der Waals surface area contributed by atoms with Gasteiger partial charge in [0.25, 0.3) is 0 Å². The first-order valence-corrected chi connectivity index (χ1v) is 4.16. The topological polar surface area (TPSA) is 69.1 Å². The summed E-state index contributed by atoms with van der Waals surface area (Å²) in [6.45, 7) is 3.89. The van der Waals surface area contributed by atoms with Crippen LogP contribution < -0.4 is 11.5 Å². The van der Waals surface area contributed by atoms with Gasteiger partial charge in [-0.05, 0) is 37.1 Å². The van der Waals surface area contributed by atoms with E-state index in [0.717, 1.165) is 11.1 Å². The SMILES string of the molecule is Cc1cc(C(=O)CN)cc(N)c1C. The van der Waals surface area contributed by atoms with Crippen molar-refractivity contribution < 1.29 is 4.79 Å². The third-order valence-corrected chi connectivity index (χ3v) is 2.21. The smallest absolute Gasteiger partial charge is 0.176 e. The van der Waals surface area contributed by atoms with Gasteiger partial charge in [0.15, 0.2) is 5.78 Å². The lowest BCUT2D eigenvalue weighted by Gasteiger charge is -2.06. The maximum absolute atomic E-state index is 11.2. The number of aryl methyl sites for hydroxylation is 1. The number of hydrogen-bond acceptors (Lipinski definition) is 3. The fourth-order valence-electron chi connectivity index (χ4n) is 1.17. The Hall–Kier alpha value is -1.35. The van der Waals surface area contributed by atoms with Crippen LogP contribution in [0.25, 0.3) is 0 Å². The summed E-state index contributed by atoms with van der Waals surface area (Å²) in [5.74, 6) is -0.0743. The van der Waals surface area contributed by atoms with Gasteiger partial charge in [-0.25, -0.2) is 0 Å². The van der Waals surface area contributed by atoms with Crippen LogP contribution in [0.15, 0.2) is 12.1 Å². The molecule has 0 aromatic heterocycles. The van der Waals surface area contributed by atoms with Crippen LogP contribution in [0, 0.1) is 13.8 Å². The van der Waals surface area contributed by atoms with E-state index in [2.05, 4.69) is 0 Å². The van der Waals surface area contributed by atoms with Crippen LogP contribution >= 0.6 is 0 Å². The molecule has 0 amide bonds. The predicted octanol–water partition coefficient (Wildman–Crippen LogP) is 1.03. The molecule has 0 bridgehead atoms. The molecule has 3 heteroatoms. The molecule has 0 aliphatic heterocycles. The molecule has 0 unspecified atom stereocenters. The number of benzene rings is 1. The van der Waals surface area contributed by atoms with Gasteiger partial charge in [0.2, 0.25) is 0 Å². The quantitative estimate of drug-likeness (QED) is 0.525. The van der Waals surface area contributed by atoms with Crippen molar-refractivity contribution in [2.45, 2.75) is 13.8 Å². The van der Waals surface area contributed by atoms with Gasteiger partial charge in [-0.1, -0.05) is 0 Å². The van der Waals surface area contributed by atoms with E-state index in [1.807, 2.05) is 19.9 Å². The molecule has 0 aliphatic rings. The zero-order valence-electron chi connectivity index (χ0n) is 7.92. The van der Waals surface area contributed by atoms with Crippen molar-refractivity contribution in [3.63, 3.8) is 0 Å². The molecule has 0 heterocycles. The van der Waals surface area contributed by atoms with Crippen LogP contribution in [-0.2, 0) is 0 Å². The Kier molecular flexibility index (Phi) is 2.68. The Morgan fingerprint density at radius 3 is 2.46 bits per heavy atom. The van der Waals surface area contributed by atoms with E-state index < -0.39 is 0 Å². The second-order valence-corrected chi connectivity index (χ2v) is 3.13. The van der Waals surface area contributed by atoms with Crippen LogP contribution in [0.4, 0.5) is 5.69 Å². The second-order valence-electron chi connectivity index (χ2n) is 3.13. The van der Waals surface area contributed by atoms with Gasteiger partial charge >= 0.3 is 0 Å². The molecule has 0 aliphatic carbocycles. The average molecular weight is 178 g/mol.